The van der Waals surface area contributed by atoms with E-state index in [1.807, 2.05) is 0 Å². The first-order chi connectivity index (χ1) is 8.20. The van der Waals surface area contributed by atoms with E-state index in [0.29, 0.717) is 22.5 Å². The molecule has 0 amide bonds. The molecule has 0 aliphatic carbocycles. The van der Waals surface area contributed by atoms with Gasteiger partial charge in [-0.2, -0.15) is 17.5 Å². The van der Waals surface area contributed by atoms with Crippen molar-refractivity contribution >= 4 is 29.3 Å². The molecule has 0 atom stereocenters. The maximum Gasteiger partial charge on any atom is 0.288 e. The summed E-state index contributed by atoms with van der Waals surface area (Å²) in [6.07, 6.45) is 0. The lowest BCUT2D eigenvalue weighted by Crippen LogP contribution is -1.90. The molecule has 2 aromatic rings. The number of nitrogens with one attached hydrogen (secondary N) is 1. The Hall–Kier alpha value is -1.21. The van der Waals surface area contributed by atoms with Gasteiger partial charge in [-0.15, -0.1) is 0 Å². The van der Waals surface area contributed by atoms with E-state index >= 15 is 0 Å². The van der Waals surface area contributed by atoms with Crippen LogP contribution in [0.2, 0.25) is 0 Å². The topological polar surface area (TPSA) is 37.8 Å². The van der Waals surface area contributed by atoms with Crippen LogP contribution in [0.3, 0.4) is 0 Å². The number of rotatable bonds is 4. The van der Waals surface area contributed by atoms with Gasteiger partial charge in [0.2, 0.25) is 0 Å². The quantitative estimate of drug-likeness (QED) is 0.864. The second-order valence-electron chi connectivity index (χ2n) is 3.11. The van der Waals surface area contributed by atoms with Crippen LogP contribution >= 0.6 is 23.5 Å². The fraction of sp³-hybridized carbons (Fsp3) is 0.200. The molecule has 0 radical (unpaired) electrons. The molecule has 0 saturated carbocycles. The lowest BCUT2D eigenvalue weighted by Gasteiger charge is -2.02. The number of halogens is 2. The number of thioether (sulfide) groups is 1. The molecule has 0 saturated heterocycles. The largest absolute Gasteiger partial charge is 0.370 e. The van der Waals surface area contributed by atoms with E-state index in [0.717, 1.165) is 23.0 Å². The molecule has 7 heteroatoms. The van der Waals surface area contributed by atoms with Crippen LogP contribution < -0.4 is 5.32 Å². The number of aromatic nitrogens is 2. The second kappa shape index (κ2) is 5.42. The number of nitrogens with zero attached hydrogens (tertiary/aromatic N) is 2. The Bertz CT molecular complexity index is 485. The van der Waals surface area contributed by atoms with E-state index in [1.165, 1.54) is 0 Å². The predicted octanol–water partition coefficient (Wildman–Crippen LogP) is 3.56. The van der Waals surface area contributed by atoms with Gasteiger partial charge < -0.3 is 5.32 Å². The Labute approximate surface area is 106 Å². The van der Waals surface area contributed by atoms with Crippen molar-refractivity contribution in [1.82, 2.24) is 8.75 Å². The fourth-order valence-corrected chi connectivity index (χ4v) is 2.41. The third-order valence-corrected chi connectivity index (χ3v) is 3.33. The molecule has 1 aromatic carbocycles. The summed E-state index contributed by atoms with van der Waals surface area (Å²) < 4.78 is 32.5. The smallest absolute Gasteiger partial charge is 0.288 e. The van der Waals surface area contributed by atoms with Crippen LogP contribution in [0.15, 0.2) is 29.2 Å². The zero-order valence-corrected chi connectivity index (χ0v) is 10.5. The van der Waals surface area contributed by atoms with E-state index in [9.17, 15) is 8.78 Å². The van der Waals surface area contributed by atoms with Crippen molar-refractivity contribution in [3.8, 4) is 11.3 Å². The molecule has 2 rings (SSSR count). The van der Waals surface area contributed by atoms with Crippen molar-refractivity contribution in [3.63, 3.8) is 0 Å². The van der Waals surface area contributed by atoms with E-state index in [-0.39, 0.29) is 0 Å². The molecular formula is C10H9F2N3S2. The molecule has 3 nitrogen and oxygen atoms in total. The van der Waals surface area contributed by atoms with E-state index in [1.54, 1.807) is 31.3 Å². The standard InChI is InChI=1S/C10H9F2N3S2/c1-13-9-8(14-17-15-9)6-2-4-7(5-3-6)16-10(11)12/h2-5,10H,1H3,(H,13,15). The molecule has 0 aliphatic rings. The lowest BCUT2D eigenvalue weighted by atomic mass is 10.1. The number of anilines is 1. The molecule has 1 N–H and O–H groups in total. The van der Waals surface area contributed by atoms with Crippen LogP contribution in [-0.2, 0) is 0 Å². The summed E-state index contributed by atoms with van der Waals surface area (Å²) in [5, 5.41) is 2.93. The first kappa shape index (κ1) is 12.3. The molecular weight excluding hydrogens is 264 g/mol. The molecule has 1 aromatic heterocycles. The molecule has 0 fully saturated rings. The zero-order chi connectivity index (χ0) is 12.3. The van der Waals surface area contributed by atoms with Crippen molar-refractivity contribution in [3.05, 3.63) is 24.3 Å². The molecule has 0 unspecified atom stereocenters. The van der Waals surface area contributed by atoms with Gasteiger partial charge in [0.05, 0.1) is 11.7 Å². The van der Waals surface area contributed by atoms with Gasteiger partial charge in [-0.05, 0) is 12.1 Å². The minimum Gasteiger partial charge on any atom is -0.370 e. The molecule has 0 spiro atoms. The first-order valence-electron chi connectivity index (χ1n) is 4.76. The van der Waals surface area contributed by atoms with Crippen LogP contribution in [0.1, 0.15) is 0 Å². The summed E-state index contributed by atoms with van der Waals surface area (Å²) in [5.41, 5.74) is 1.60. The first-order valence-corrected chi connectivity index (χ1v) is 6.37. The van der Waals surface area contributed by atoms with Crippen molar-refractivity contribution in [2.45, 2.75) is 10.7 Å². The van der Waals surface area contributed by atoms with E-state index in [2.05, 4.69) is 14.1 Å². The van der Waals surface area contributed by atoms with Crippen LogP contribution in [0.25, 0.3) is 11.3 Å². The highest BCUT2D eigenvalue weighted by Crippen LogP contribution is 2.30. The van der Waals surface area contributed by atoms with E-state index < -0.39 is 5.76 Å². The van der Waals surface area contributed by atoms with Gasteiger partial charge >= 0.3 is 0 Å². The Morgan fingerprint density at radius 1 is 1.24 bits per heavy atom. The third-order valence-electron chi connectivity index (χ3n) is 2.08. The van der Waals surface area contributed by atoms with Crippen LogP contribution in [-0.4, -0.2) is 21.6 Å². The van der Waals surface area contributed by atoms with Crippen LogP contribution in [0, 0.1) is 0 Å². The van der Waals surface area contributed by atoms with Crippen molar-refractivity contribution in [1.29, 1.82) is 0 Å². The van der Waals surface area contributed by atoms with Crippen LogP contribution in [0.4, 0.5) is 14.6 Å². The SMILES string of the molecule is CNc1nsnc1-c1ccc(SC(F)F)cc1. The molecule has 90 valence electrons. The number of hydrogen-bond donors (Lipinski definition) is 1. The highest BCUT2D eigenvalue weighted by Gasteiger charge is 2.10. The Morgan fingerprint density at radius 3 is 2.53 bits per heavy atom. The predicted molar refractivity (Wildman–Crippen MR) is 66.8 cm³/mol. The van der Waals surface area contributed by atoms with Crippen molar-refractivity contribution in [2.75, 3.05) is 12.4 Å². The van der Waals surface area contributed by atoms with E-state index in [4.69, 9.17) is 0 Å². The lowest BCUT2D eigenvalue weighted by molar-refractivity contribution is 0.252. The van der Waals surface area contributed by atoms with Crippen molar-refractivity contribution < 1.29 is 8.78 Å². The van der Waals surface area contributed by atoms with Gasteiger partial charge in [0.1, 0.15) is 5.69 Å². The average Bonchev–Trinajstić information content (AvgIpc) is 2.77. The highest BCUT2D eigenvalue weighted by molar-refractivity contribution is 7.99. The number of alkyl halides is 2. The third kappa shape index (κ3) is 2.92. The molecule has 1 heterocycles. The summed E-state index contributed by atoms with van der Waals surface area (Å²) in [4.78, 5) is 0.540. The average molecular weight is 273 g/mol. The second-order valence-corrected chi connectivity index (χ2v) is 4.71. The molecule has 0 aliphatic heterocycles. The number of hydrogen-bond acceptors (Lipinski definition) is 5. The normalized spacial score (nSPS) is 10.8. The minimum atomic E-state index is -2.39. The van der Waals surface area contributed by atoms with Gasteiger partial charge in [-0.3, -0.25) is 0 Å². The Kier molecular flexibility index (Phi) is 3.90. The maximum absolute atomic E-state index is 12.1. The van der Waals surface area contributed by atoms with Gasteiger partial charge in [-0.1, -0.05) is 23.9 Å². The van der Waals surface area contributed by atoms with Gasteiger partial charge in [0, 0.05) is 17.5 Å². The summed E-state index contributed by atoms with van der Waals surface area (Å²) >= 11 is 1.64. The van der Waals surface area contributed by atoms with Crippen molar-refractivity contribution in [2.24, 2.45) is 0 Å². The summed E-state index contributed by atoms with van der Waals surface area (Å²) in [7, 11) is 1.77. The monoisotopic (exact) mass is 273 g/mol. The number of benzene rings is 1. The van der Waals surface area contributed by atoms with Crippen LogP contribution in [0.5, 0.6) is 0 Å². The highest BCUT2D eigenvalue weighted by atomic mass is 32.2. The Balaban J connectivity index is 2.23. The minimum absolute atomic E-state index is 0.532. The molecule has 0 bridgehead atoms. The zero-order valence-electron chi connectivity index (χ0n) is 8.85. The Morgan fingerprint density at radius 2 is 1.94 bits per heavy atom. The summed E-state index contributed by atoms with van der Waals surface area (Å²) in [6, 6.07) is 6.85. The molecule has 17 heavy (non-hydrogen) atoms. The fourth-order valence-electron chi connectivity index (χ4n) is 1.34. The maximum atomic E-state index is 12.1. The summed E-state index contributed by atoms with van der Waals surface area (Å²) in [5.74, 6) is -1.70. The van der Waals surface area contributed by atoms with Gasteiger partial charge in [-0.25, -0.2) is 0 Å². The van der Waals surface area contributed by atoms with Gasteiger partial charge in [0.15, 0.2) is 5.82 Å². The summed E-state index contributed by atoms with van der Waals surface area (Å²) in [6.45, 7) is 0. The van der Waals surface area contributed by atoms with Gasteiger partial charge in [0.25, 0.3) is 5.76 Å².